The summed E-state index contributed by atoms with van der Waals surface area (Å²) in [7, 11) is 0.213. The van der Waals surface area contributed by atoms with E-state index in [9.17, 15) is 4.21 Å². The van der Waals surface area contributed by atoms with Gasteiger partial charge in [0.1, 0.15) is 34.3 Å². The minimum Gasteiger partial charge on any atom is -0.497 e. The van der Waals surface area contributed by atoms with Crippen LogP contribution in [0.25, 0.3) is 0 Å². The summed E-state index contributed by atoms with van der Waals surface area (Å²) in [6.45, 7) is 5.68. The van der Waals surface area contributed by atoms with Crippen LogP contribution in [-0.2, 0) is 11.0 Å². The Bertz CT molecular complexity index is 863. The number of hydrogen-bond donors (Lipinski definition) is 0. The van der Waals surface area contributed by atoms with E-state index >= 15 is 0 Å². The Balaban J connectivity index is 2.04. The van der Waals surface area contributed by atoms with Crippen molar-refractivity contribution >= 4 is 28.3 Å². The summed E-state index contributed by atoms with van der Waals surface area (Å²) in [5, 5.41) is 8.31. The van der Waals surface area contributed by atoms with Crippen LogP contribution in [0.1, 0.15) is 44.6 Å². The van der Waals surface area contributed by atoms with Gasteiger partial charge >= 0.3 is 0 Å². The zero-order valence-corrected chi connectivity index (χ0v) is 16.6. The average Bonchev–Trinajstić information content (AvgIpc) is 2.60. The van der Waals surface area contributed by atoms with Crippen LogP contribution in [0.5, 0.6) is 11.5 Å². The molecule has 0 N–H and O–H groups in total. The van der Waals surface area contributed by atoms with Crippen molar-refractivity contribution in [3.05, 3.63) is 46.7 Å². The molecule has 1 aromatic heterocycles. The molecule has 0 saturated heterocycles. The smallest absolute Gasteiger partial charge is 0.151 e. The quantitative estimate of drug-likeness (QED) is 0.790. The average molecular weight is 394 g/mol. The predicted molar refractivity (Wildman–Crippen MR) is 102 cm³/mol. The lowest BCUT2D eigenvalue weighted by Crippen LogP contribution is -2.25. The minimum atomic E-state index is -1.38. The number of halogens is 1. The SMILES string of the molecule is COc1ccc2c(c1)O[C@@H](c1ccc(Cl)nn1)C/C2=N\S(=O)C(C)(C)C. The first-order valence-corrected chi connectivity index (χ1v) is 9.60. The number of ether oxygens (including phenoxy) is 2. The first-order chi connectivity index (χ1) is 12.3. The van der Waals surface area contributed by atoms with Gasteiger partial charge in [0.05, 0.1) is 17.6 Å². The molecule has 0 spiro atoms. The molecule has 0 radical (unpaired) electrons. The number of fused-ring (bicyclic) bond motifs is 1. The summed E-state index contributed by atoms with van der Waals surface area (Å²) < 4.78 is 28.0. The number of hydrogen-bond acceptors (Lipinski definition) is 5. The van der Waals surface area contributed by atoms with Crippen LogP contribution in [-0.4, -0.2) is 32.0 Å². The molecule has 0 saturated carbocycles. The summed E-state index contributed by atoms with van der Waals surface area (Å²) in [6.07, 6.45) is 0.0485. The Labute approximate surface area is 160 Å². The van der Waals surface area contributed by atoms with Crippen molar-refractivity contribution in [3.63, 3.8) is 0 Å². The highest BCUT2D eigenvalue weighted by Crippen LogP contribution is 2.37. The maximum absolute atomic E-state index is 12.6. The molecular formula is C18H20ClN3O3S. The van der Waals surface area contributed by atoms with Gasteiger partial charge < -0.3 is 9.47 Å². The minimum absolute atomic E-state index is 0.314. The highest BCUT2D eigenvalue weighted by Gasteiger charge is 2.30. The van der Waals surface area contributed by atoms with Crippen molar-refractivity contribution in [2.75, 3.05) is 7.11 Å². The van der Waals surface area contributed by atoms with Crippen molar-refractivity contribution in [2.24, 2.45) is 4.40 Å². The van der Waals surface area contributed by atoms with Crippen LogP contribution >= 0.6 is 11.6 Å². The topological polar surface area (TPSA) is 73.7 Å². The monoisotopic (exact) mass is 393 g/mol. The van der Waals surface area contributed by atoms with Crippen LogP contribution < -0.4 is 9.47 Å². The lowest BCUT2D eigenvalue weighted by molar-refractivity contribution is 0.199. The fourth-order valence-corrected chi connectivity index (χ4v) is 3.18. The largest absolute Gasteiger partial charge is 0.497 e. The van der Waals surface area contributed by atoms with E-state index in [2.05, 4.69) is 14.6 Å². The summed E-state index contributed by atoms with van der Waals surface area (Å²) in [5.74, 6) is 1.28. The number of aromatic nitrogens is 2. The lowest BCUT2D eigenvalue weighted by Gasteiger charge is -2.27. The van der Waals surface area contributed by atoms with Gasteiger partial charge in [0.25, 0.3) is 0 Å². The van der Waals surface area contributed by atoms with Crippen molar-refractivity contribution in [2.45, 2.75) is 38.0 Å². The molecule has 2 atom stereocenters. The maximum Gasteiger partial charge on any atom is 0.151 e. The van der Waals surface area contributed by atoms with E-state index in [-0.39, 0.29) is 0 Å². The molecule has 0 bridgehead atoms. The molecule has 1 aromatic carbocycles. The van der Waals surface area contributed by atoms with Crippen LogP contribution in [0.15, 0.2) is 34.7 Å². The zero-order chi connectivity index (χ0) is 18.9. The molecule has 6 nitrogen and oxygen atoms in total. The molecule has 8 heteroatoms. The normalized spacial score (nSPS) is 19.6. The third-order valence-corrected chi connectivity index (χ3v) is 5.48. The highest BCUT2D eigenvalue weighted by molar-refractivity contribution is 7.85. The summed E-state index contributed by atoms with van der Waals surface area (Å²) in [6, 6.07) is 8.93. The second kappa shape index (κ2) is 7.32. The van der Waals surface area contributed by atoms with Gasteiger partial charge in [-0.1, -0.05) is 11.6 Å². The molecule has 0 fully saturated rings. The Morgan fingerprint density at radius 2 is 2.04 bits per heavy atom. The Morgan fingerprint density at radius 3 is 2.65 bits per heavy atom. The molecule has 3 rings (SSSR count). The molecule has 138 valence electrons. The van der Waals surface area contributed by atoms with Gasteiger partial charge in [-0.2, -0.15) is 9.50 Å². The van der Waals surface area contributed by atoms with Gasteiger partial charge in [-0.3, -0.25) is 0 Å². The molecule has 2 aromatic rings. The molecule has 1 aliphatic heterocycles. The van der Waals surface area contributed by atoms with Crippen LogP contribution in [0.4, 0.5) is 0 Å². The van der Waals surface area contributed by atoms with Crippen molar-refractivity contribution in [1.29, 1.82) is 0 Å². The van der Waals surface area contributed by atoms with Gasteiger partial charge in [-0.15, -0.1) is 5.10 Å². The van der Waals surface area contributed by atoms with Gasteiger partial charge in [-0.25, -0.2) is 4.21 Å². The van der Waals surface area contributed by atoms with Gasteiger partial charge in [-0.05, 0) is 45.0 Å². The summed E-state index contributed by atoms with van der Waals surface area (Å²) in [4.78, 5) is 0. The van der Waals surface area contributed by atoms with Crippen LogP contribution in [0.3, 0.4) is 0 Å². The molecule has 0 aliphatic carbocycles. The van der Waals surface area contributed by atoms with Gasteiger partial charge in [0.2, 0.25) is 0 Å². The Hall–Kier alpha value is -1.99. The molecule has 2 heterocycles. The zero-order valence-electron chi connectivity index (χ0n) is 15.0. The van der Waals surface area contributed by atoms with E-state index in [0.29, 0.717) is 34.5 Å². The van der Waals surface area contributed by atoms with E-state index in [1.807, 2.05) is 32.9 Å². The standard InChI is InChI=1S/C18H20ClN3O3S/c1-18(2,3)26(23)22-14-10-16(13-7-8-17(19)21-20-13)25-15-9-11(24-4)5-6-12(14)15/h5-9,16H,10H2,1-4H3/b22-14+/t16-,26?/m1/s1. The van der Waals surface area contributed by atoms with E-state index in [4.69, 9.17) is 21.1 Å². The summed E-state index contributed by atoms with van der Waals surface area (Å²) >= 11 is 5.82. The Kier molecular flexibility index (Phi) is 5.29. The number of nitrogens with zero attached hydrogens (tertiary/aromatic N) is 3. The molecule has 1 unspecified atom stereocenters. The third kappa shape index (κ3) is 4.04. The van der Waals surface area contributed by atoms with Gasteiger partial charge in [0.15, 0.2) is 5.15 Å². The van der Waals surface area contributed by atoms with Crippen LogP contribution in [0.2, 0.25) is 5.15 Å². The molecular weight excluding hydrogens is 374 g/mol. The number of rotatable bonds is 3. The van der Waals surface area contributed by atoms with E-state index in [0.717, 1.165) is 5.56 Å². The second-order valence-electron chi connectivity index (χ2n) is 6.85. The van der Waals surface area contributed by atoms with Crippen molar-refractivity contribution in [3.8, 4) is 11.5 Å². The van der Waals surface area contributed by atoms with E-state index in [1.54, 1.807) is 25.3 Å². The van der Waals surface area contributed by atoms with Crippen LogP contribution in [0, 0.1) is 0 Å². The fourth-order valence-electron chi connectivity index (χ4n) is 2.43. The van der Waals surface area contributed by atoms with E-state index < -0.39 is 21.8 Å². The molecule has 26 heavy (non-hydrogen) atoms. The summed E-state index contributed by atoms with van der Waals surface area (Å²) in [5.41, 5.74) is 2.16. The maximum atomic E-state index is 12.6. The highest BCUT2D eigenvalue weighted by atomic mass is 35.5. The predicted octanol–water partition coefficient (Wildman–Crippen LogP) is 3.91. The Morgan fingerprint density at radius 1 is 1.27 bits per heavy atom. The second-order valence-corrected chi connectivity index (χ2v) is 9.15. The van der Waals surface area contributed by atoms with Gasteiger partial charge in [0, 0.05) is 18.1 Å². The molecule has 0 amide bonds. The third-order valence-electron chi connectivity index (χ3n) is 3.85. The number of benzene rings is 1. The van der Waals surface area contributed by atoms with E-state index in [1.165, 1.54) is 0 Å². The van der Waals surface area contributed by atoms with Crippen molar-refractivity contribution < 1.29 is 13.7 Å². The first-order valence-electron chi connectivity index (χ1n) is 8.11. The molecule has 1 aliphatic rings. The first kappa shape index (κ1) is 18.8. The van der Waals surface area contributed by atoms with Crippen molar-refractivity contribution in [1.82, 2.24) is 10.2 Å². The fraction of sp³-hybridized carbons (Fsp3) is 0.389. The number of methoxy groups -OCH3 is 1. The lowest BCUT2D eigenvalue weighted by atomic mass is 9.98.